The Morgan fingerprint density at radius 2 is 1.81 bits per heavy atom. The summed E-state index contributed by atoms with van der Waals surface area (Å²) in [5, 5.41) is 3.12. The average molecular weight is 285 g/mol. The number of fused-ring (bicyclic) bond motifs is 1. The van der Waals surface area contributed by atoms with Crippen LogP contribution in [0.4, 0.5) is 8.78 Å². The van der Waals surface area contributed by atoms with Crippen LogP contribution >= 0.6 is 0 Å². The van der Waals surface area contributed by atoms with Crippen LogP contribution in [0.3, 0.4) is 0 Å². The van der Waals surface area contributed by atoms with Crippen molar-refractivity contribution in [1.29, 1.82) is 0 Å². The van der Waals surface area contributed by atoms with E-state index in [1.165, 1.54) is 6.07 Å². The number of rotatable bonds is 3. The summed E-state index contributed by atoms with van der Waals surface area (Å²) in [5.74, 6) is -1.72. The molecule has 0 aliphatic heterocycles. The third kappa shape index (κ3) is 2.48. The summed E-state index contributed by atoms with van der Waals surface area (Å²) < 4.78 is 26.6. The van der Waals surface area contributed by atoms with Gasteiger partial charge >= 0.3 is 0 Å². The maximum absolute atomic E-state index is 13.5. The number of benzene rings is 2. The van der Waals surface area contributed by atoms with Gasteiger partial charge in [-0.1, -0.05) is 18.2 Å². The molecule has 1 N–H and O–H groups in total. The van der Waals surface area contributed by atoms with Gasteiger partial charge in [-0.3, -0.25) is 9.97 Å². The molecule has 1 unspecified atom stereocenters. The molecule has 0 aliphatic rings. The molecule has 3 rings (SSSR count). The van der Waals surface area contributed by atoms with Crippen LogP contribution in [0.1, 0.15) is 17.2 Å². The number of hydrogen-bond acceptors (Lipinski definition) is 3. The Kier molecular flexibility index (Phi) is 3.58. The van der Waals surface area contributed by atoms with Crippen molar-refractivity contribution < 1.29 is 8.78 Å². The first-order chi connectivity index (χ1) is 10.2. The molecule has 0 saturated heterocycles. The Hall–Kier alpha value is -2.40. The van der Waals surface area contributed by atoms with Gasteiger partial charge in [-0.2, -0.15) is 0 Å². The van der Waals surface area contributed by atoms with Crippen LogP contribution < -0.4 is 5.32 Å². The largest absolute Gasteiger partial charge is 0.309 e. The van der Waals surface area contributed by atoms with E-state index in [1.54, 1.807) is 25.5 Å². The van der Waals surface area contributed by atoms with Gasteiger partial charge in [0.2, 0.25) is 0 Å². The van der Waals surface area contributed by atoms with E-state index >= 15 is 0 Å². The van der Waals surface area contributed by atoms with Crippen molar-refractivity contribution in [3.8, 4) is 0 Å². The molecular weight excluding hydrogens is 272 g/mol. The van der Waals surface area contributed by atoms with Crippen LogP contribution in [-0.4, -0.2) is 17.0 Å². The number of nitrogens with one attached hydrogen (secondary N) is 1. The lowest BCUT2D eigenvalue weighted by Crippen LogP contribution is -2.18. The first kappa shape index (κ1) is 13.6. The summed E-state index contributed by atoms with van der Waals surface area (Å²) in [6.45, 7) is 0. The van der Waals surface area contributed by atoms with Gasteiger partial charge in [0.05, 0.1) is 17.1 Å². The zero-order valence-corrected chi connectivity index (χ0v) is 11.3. The zero-order valence-electron chi connectivity index (χ0n) is 11.3. The molecule has 1 heterocycles. The molecule has 0 bridgehead atoms. The van der Waals surface area contributed by atoms with Gasteiger partial charge in [-0.15, -0.1) is 0 Å². The summed E-state index contributed by atoms with van der Waals surface area (Å²) in [4.78, 5) is 8.60. The Labute approximate surface area is 120 Å². The van der Waals surface area contributed by atoms with Gasteiger partial charge in [-0.05, 0) is 30.8 Å². The van der Waals surface area contributed by atoms with Gasteiger partial charge in [0.25, 0.3) is 0 Å². The highest BCUT2D eigenvalue weighted by Crippen LogP contribution is 2.27. The second-order valence-electron chi connectivity index (χ2n) is 4.67. The number of para-hydroxylation sites is 1. The number of aromatic nitrogens is 2. The second kappa shape index (κ2) is 5.54. The predicted molar refractivity (Wildman–Crippen MR) is 76.8 cm³/mol. The van der Waals surface area contributed by atoms with Crippen molar-refractivity contribution in [2.45, 2.75) is 6.04 Å². The Balaban J connectivity index is 2.16. The Morgan fingerprint density at radius 3 is 2.57 bits per heavy atom. The normalized spacial score (nSPS) is 12.5. The van der Waals surface area contributed by atoms with E-state index in [2.05, 4.69) is 15.3 Å². The second-order valence-corrected chi connectivity index (χ2v) is 4.67. The topological polar surface area (TPSA) is 37.8 Å². The summed E-state index contributed by atoms with van der Waals surface area (Å²) >= 11 is 0. The molecule has 2 aromatic carbocycles. The third-order valence-corrected chi connectivity index (χ3v) is 3.41. The molecule has 5 heteroatoms. The summed E-state index contributed by atoms with van der Waals surface area (Å²) in [6, 6.07) is 9.24. The minimum atomic E-state index is -0.862. The van der Waals surface area contributed by atoms with Crippen LogP contribution in [0.15, 0.2) is 48.8 Å². The predicted octanol–water partition coefficient (Wildman–Crippen LogP) is 3.22. The fourth-order valence-corrected chi connectivity index (χ4v) is 2.44. The van der Waals surface area contributed by atoms with Gasteiger partial charge < -0.3 is 5.32 Å². The fourth-order valence-electron chi connectivity index (χ4n) is 2.44. The van der Waals surface area contributed by atoms with E-state index in [0.717, 1.165) is 22.7 Å². The Morgan fingerprint density at radius 1 is 1.00 bits per heavy atom. The maximum Gasteiger partial charge on any atom is 0.159 e. The minimum Gasteiger partial charge on any atom is -0.309 e. The van der Waals surface area contributed by atoms with Crippen LogP contribution in [0.25, 0.3) is 11.0 Å². The van der Waals surface area contributed by atoms with Gasteiger partial charge in [-0.25, -0.2) is 8.78 Å². The standard InChI is InChI=1S/C16H13F2N3/c1-19-15(10-5-6-12(17)13(18)9-10)11-3-2-4-14-16(11)21-8-7-20-14/h2-9,15,19H,1H3. The van der Waals surface area contributed by atoms with Gasteiger partial charge in [0.15, 0.2) is 11.6 Å². The minimum absolute atomic E-state index is 0.291. The van der Waals surface area contributed by atoms with Gasteiger partial charge in [0, 0.05) is 18.0 Å². The van der Waals surface area contributed by atoms with Crippen molar-refractivity contribution in [1.82, 2.24) is 15.3 Å². The molecule has 0 spiro atoms. The lowest BCUT2D eigenvalue weighted by atomic mass is 9.97. The van der Waals surface area contributed by atoms with Crippen LogP contribution in [0, 0.1) is 11.6 Å². The van der Waals surface area contributed by atoms with Crippen molar-refractivity contribution in [3.63, 3.8) is 0 Å². The van der Waals surface area contributed by atoms with E-state index < -0.39 is 11.6 Å². The molecule has 1 aromatic heterocycles. The highest BCUT2D eigenvalue weighted by atomic mass is 19.2. The molecule has 3 nitrogen and oxygen atoms in total. The Bertz CT molecular complexity index is 784. The average Bonchev–Trinajstić information content (AvgIpc) is 2.52. The molecular formula is C16H13F2N3. The van der Waals surface area contributed by atoms with Crippen LogP contribution in [0.5, 0.6) is 0 Å². The SMILES string of the molecule is CNC(c1ccc(F)c(F)c1)c1cccc2nccnc12. The van der Waals surface area contributed by atoms with E-state index in [1.807, 2.05) is 18.2 Å². The third-order valence-electron chi connectivity index (χ3n) is 3.41. The summed E-state index contributed by atoms with van der Waals surface area (Å²) in [6.07, 6.45) is 3.24. The highest BCUT2D eigenvalue weighted by Gasteiger charge is 2.17. The monoisotopic (exact) mass is 285 g/mol. The smallest absolute Gasteiger partial charge is 0.159 e. The summed E-state index contributed by atoms with van der Waals surface area (Å²) in [5.41, 5.74) is 3.01. The highest BCUT2D eigenvalue weighted by molar-refractivity contribution is 5.78. The fraction of sp³-hybridized carbons (Fsp3) is 0.125. The molecule has 21 heavy (non-hydrogen) atoms. The van der Waals surface area contributed by atoms with E-state index in [9.17, 15) is 8.78 Å². The molecule has 0 saturated carbocycles. The lowest BCUT2D eigenvalue weighted by Gasteiger charge is -2.18. The molecule has 0 amide bonds. The maximum atomic E-state index is 13.5. The molecule has 1 atom stereocenters. The zero-order chi connectivity index (χ0) is 14.8. The van der Waals surface area contributed by atoms with E-state index in [0.29, 0.717) is 5.56 Å². The number of hydrogen-bond donors (Lipinski definition) is 1. The summed E-state index contributed by atoms with van der Waals surface area (Å²) in [7, 11) is 1.77. The first-order valence-electron chi connectivity index (χ1n) is 6.52. The molecule has 0 radical (unpaired) electrons. The van der Waals surface area contributed by atoms with Crippen LogP contribution in [0.2, 0.25) is 0 Å². The molecule has 3 aromatic rings. The first-order valence-corrected chi connectivity index (χ1v) is 6.52. The number of nitrogens with zero attached hydrogens (tertiary/aromatic N) is 2. The van der Waals surface area contributed by atoms with E-state index in [4.69, 9.17) is 0 Å². The van der Waals surface area contributed by atoms with Crippen molar-refractivity contribution in [3.05, 3.63) is 71.6 Å². The van der Waals surface area contributed by atoms with Crippen molar-refractivity contribution in [2.75, 3.05) is 7.05 Å². The van der Waals surface area contributed by atoms with Crippen LogP contribution in [-0.2, 0) is 0 Å². The molecule has 106 valence electrons. The molecule has 0 aliphatic carbocycles. The number of halogens is 2. The molecule has 0 fully saturated rings. The van der Waals surface area contributed by atoms with E-state index in [-0.39, 0.29) is 6.04 Å². The van der Waals surface area contributed by atoms with Crippen molar-refractivity contribution >= 4 is 11.0 Å². The van der Waals surface area contributed by atoms with Crippen molar-refractivity contribution in [2.24, 2.45) is 0 Å². The van der Waals surface area contributed by atoms with Gasteiger partial charge in [0.1, 0.15) is 0 Å². The quantitative estimate of drug-likeness (QED) is 0.803. The lowest BCUT2D eigenvalue weighted by molar-refractivity contribution is 0.505.